The van der Waals surface area contributed by atoms with Crippen LogP contribution in [0, 0.1) is 6.92 Å². The number of halogens is 1. The normalized spacial score (nSPS) is 12.5. The van der Waals surface area contributed by atoms with Gasteiger partial charge in [0.15, 0.2) is 0 Å². The number of aliphatic hydroxyl groups excluding tert-OH is 1. The number of carbonyl (C=O) groups is 1. The van der Waals surface area contributed by atoms with Gasteiger partial charge in [-0.3, -0.25) is 4.79 Å². The van der Waals surface area contributed by atoms with Gasteiger partial charge in [-0.15, -0.1) is 11.3 Å². The second kappa shape index (κ2) is 6.37. The van der Waals surface area contributed by atoms with Gasteiger partial charge >= 0.3 is 5.97 Å². The molecule has 0 bridgehead atoms. The molecule has 3 nitrogen and oxygen atoms in total. The molecule has 5 heteroatoms. The van der Waals surface area contributed by atoms with Gasteiger partial charge in [0.2, 0.25) is 0 Å². The highest BCUT2D eigenvalue weighted by Crippen LogP contribution is 2.32. The first-order chi connectivity index (χ1) is 7.54. The number of rotatable bonds is 5. The summed E-state index contributed by atoms with van der Waals surface area (Å²) in [6.07, 6.45) is 0.0776. The van der Waals surface area contributed by atoms with Crippen LogP contribution in [-0.4, -0.2) is 17.7 Å². The van der Waals surface area contributed by atoms with Crippen molar-refractivity contribution >= 4 is 33.2 Å². The molecule has 0 saturated heterocycles. The molecule has 1 aromatic heterocycles. The maximum Gasteiger partial charge on any atom is 0.305 e. The minimum Gasteiger partial charge on any atom is -0.466 e. The molecule has 1 unspecified atom stereocenters. The zero-order valence-corrected chi connectivity index (χ0v) is 11.7. The van der Waals surface area contributed by atoms with E-state index in [0.717, 1.165) is 14.2 Å². The van der Waals surface area contributed by atoms with Crippen molar-refractivity contribution in [3.05, 3.63) is 20.3 Å². The van der Waals surface area contributed by atoms with Crippen molar-refractivity contribution in [2.75, 3.05) is 6.61 Å². The van der Waals surface area contributed by atoms with E-state index < -0.39 is 6.10 Å². The predicted molar refractivity (Wildman–Crippen MR) is 67.6 cm³/mol. The zero-order chi connectivity index (χ0) is 12.1. The fourth-order valence-electron chi connectivity index (χ4n) is 1.28. The average Bonchev–Trinajstić information content (AvgIpc) is 2.56. The summed E-state index contributed by atoms with van der Waals surface area (Å²) in [5, 5.41) is 9.86. The van der Waals surface area contributed by atoms with Crippen LogP contribution in [0.15, 0.2) is 10.5 Å². The van der Waals surface area contributed by atoms with Gasteiger partial charge in [0, 0.05) is 20.6 Å². The fraction of sp³-hybridized carbons (Fsp3) is 0.545. The molecular formula is C11H15BrO3S. The highest BCUT2D eigenvalue weighted by molar-refractivity contribution is 9.10. The third-order valence-corrected chi connectivity index (χ3v) is 4.37. The Balaban J connectivity index is 2.46. The minimum atomic E-state index is -0.584. The van der Waals surface area contributed by atoms with E-state index in [9.17, 15) is 9.90 Å². The maximum absolute atomic E-state index is 11.1. The van der Waals surface area contributed by atoms with Crippen LogP contribution >= 0.6 is 27.3 Å². The first-order valence-electron chi connectivity index (χ1n) is 5.14. The van der Waals surface area contributed by atoms with Crippen LogP contribution in [0.5, 0.6) is 0 Å². The monoisotopic (exact) mass is 306 g/mol. The van der Waals surface area contributed by atoms with Gasteiger partial charge in [-0.1, -0.05) is 0 Å². The summed E-state index contributed by atoms with van der Waals surface area (Å²) in [4.78, 5) is 13.1. The molecule has 0 aliphatic heterocycles. The number of thiophene rings is 1. The van der Waals surface area contributed by atoms with Gasteiger partial charge in [-0.2, -0.15) is 0 Å². The molecule has 0 fully saturated rings. The molecule has 1 heterocycles. The van der Waals surface area contributed by atoms with Crippen LogP contribution in [0.3, 0.4) is 0 Å². The average molecular weight is 307 g/mol. The summed E-state index contributed by atoms with van der Waals surface area (Å²) >= 11 is 4.94. The summed E-state index contributed by atoms with van der Waals surface area (Å²) in [6, 6.07) is 1.90. The molecule has 0 aliphatic rings. The van der Waals surface area contributed by atoms with Crippen LogP contribution in [0.4, 0.5) is 0 Å². The van der Waals surface area contributed by atoms with Crippen molar-refractivity contribution in [2.24, 2.45) is 0 Å². The fourth-order valence-corrected chi connectivity index (χ4v) is 2.86. The summed E-state index contributed by atoms with van der Waals surface area (Å²) in [6.45, 7) is 4.14. The van der Waals surface area contributed by atoms with Crippen molar-refractivity contribution < 1.29 is 14.6 Å². The molecule has 90 valence electrons. The van der Waals surface area contributed by atoms with Crippen LogP contribution in [0.25, 0.3) is 0 Å². The van der Waals surface area contributed by atoms with Gasteiger partial charge in [0.25, 0.3) is 0 Å². The molecule has 0 aromatic carbocycles. The highest BCUT2D eigenvalue weighted by Gasteiger charge is 2.14. The Morgan fingerprint density at radius 2 is 2.38 bits per heavy atom. The third-order valence-electron chi connectivity index (χ3n) is 2.13. The number of hydrogen-bond acceptors (Lipinski definition) is 4. The van der Waals surface area contributed by atoms with E-state index in [1.807, 2.05) is 13.0 Å². The van der Waals surface area contributed by atoms with Gasteiger partial charge in [0.1, 0.15) is 0 Å². The molecule has 1 rings (SSSR count). The van der Waals surface area contributed by atoms with E-state index in [1.54, 1.807) is 6.92 Å². The molecule has 0 spiro atoms. The summed E-state index contributed by atoms with van der Waals surface area (Å²) < 4.78 is 5.80. The summed E-state index contributed by atoms with van der Waals surface area (Å²) in [5.41, 5.74) is 0. The zero-order valence-electron chi connectivity index (χ0n) is 9.33. The quantitative estimate of drug-likeness (QED) is 0.850. The van der Waals surface area contributed by atoms with Crippen LogP contribution in [0.2, 0.25) is 0 Å². The van der Waals surface area contributed by atoms with E-state index in [-0.39, 0.29) is 12.4 Å². The second-order valence-electron chi connectivity index (χ2n) is 3.41. The standard InChI is InChI=1S/C11H15BrO3S/c1-3-15-11(14)5-4-9(13)10-6-8(12)7(2)16-10/h6,9,13H,3-5H2,1-2H3. The molecular weight excluding hydrogens is 292 g/mol. The number of hydrogen-bond donors (Lipinski definition) is 1. The first-order valence-corrected chi connectivity index (χ1v) is 6.75. The Kier molecular flexibility index (Phi) is 5.44. The molecule has 0 saturated carbocycles. The maximum atomic E-state index is 11.1. The van der Waals surface area contributed by atoms with E-state index in [1.165, 1.54) is 11.3 Å². The lowest BCUT2D eigenvalue weighted by molar-refractivity contribution is -0.143. The van der Waals surface area contributed by atoms with Crippen LogP contribution < -0.4 is 0 Å². The van der Waals surface area contributed by atoms with Gasteiger partial charge in [-0.25, -0.2) is 0 Å². The molecule has 1 atom stereocenters. The smallest absolute Gasteiger partial charge is 0.305 e. The SMILES string of the molecule is CCOC(=O)CCC(O)c1cc(Br)c(C)s1. The molecule has 0 radical (unpaired) electrons. The largest absolute Gasteiger partial charge is 0.466 e. The number of aliphatic hydroxyl groups is 1. The second-order valence-corrected chi connectivity index (χ2v) is 5.55. The van der Waals surface area contributed by atoms with E-state index in [4.69, 9.17) is 4.74 Å². The van der Waals surface area contributed by atoms with E-state index >= 15 is 0 Å². The minimum absolute atomic E-state index is 0.254. The van der Waals surface area contributed by atoms with Gasteiger partial charge in [-0.05, 0) is 42.3 Å². The summed E-state index contributed by atoms with van der Waals surface area (Å²) in [7, 11) is 0. The molecule has 0 aliphatic carbocycles. The number of aryl methyl sites for hydroxylation is 1. The summed E-state index contributed by atoms with van der Waals surface area (Å²) in [5.74, 6) is -0.256. The van der Waals surface area contributed by atoms with Crippen molar-refractivity contribution in [3.63, 3.8) is 0 Å². The Morgan fingerprint density at radius 3 is 2.88 bits per heavy atom. The number of carbonyl (C=O) groups excluding carboxylic acids is 1. The first kappa shape index (κ1) is 13.7. The van der Waals surface area contributed by atoms with Gasteiger partial charge in [0.05, 0.1) is 12.7 Å². The van der Waals surface area contributed by atoms with Crippen LogP contribution in [0.1, 0.15) is 35.6 Å². The Bertz CT molecular complexity index is 343. The topological polar surface area (TPSA) is 46.5 Å². The number of esters is 1. The van der Waals surface area contributed by atoms with Gasteiger partial charge < -0.3 is 9.84 Å². The van der Waals surface area contributed by atoms with E-state index in [0.29, 0.717) is 13.0 Å². The molecule has 1 aromatic rings. The third kappa shape index (κ3) is 3.88. The van der Waals surface area contributed by atoms with Crippen molar-refractivity contribution in [1.82, 2.24) is 0 Å². The van der Waals surface area contributed by atoms with Crippen molar-refractivity contribution in [2.45, 2.75) is 32.8 Å². The molecule has 16 heavy (non-hydrogen) atoms. The van der Waals surface area contributed by atoms with Crippen molar-refractivity contribution in [1.29, 1.82) is 0 Å². The lowest BCUT2D eigenvalue weighted by Crippen LogP contribution is -2.06. The highest BCUT2D eigenvalue weighted by atomic mass is 79.9. The molecule has 0 amide bonds. The lowest BCUT2D eigenvalue weighted by Gasteiger charge is -2.07. The number of ether oxygens (including phenoxy) is 1. The van der Waals surface area contributed by atoms with Crippen molar-refractivity contribution in [3.8, 4) is 0 Å². The Labute approximate surface area is 108 Å². The van der Waals surface area contributed by atoms with Crippen LogP contribution in [-0.2, 0) is 9.53 Å². The Hall–Kier alpha value is -0.390. The molecule has 1 N–H and O–H groups in total. The van der Waals surface area contributed by atoms with E-state index in [2.05, 4.69) is 15.9 Å². The lowest BCUT2D eigenvalue weighted by atomic mass is 10.1. The Morgan fingerprint density at radius 1 is 1.69 bits per heavy atom. The predicted octanol–water partition coefficient (Wildman–Crippen LogP) is 3.20.